The summed E-state index contributed by atoms with van der Waals surface area (Å²) in [6.07, 6.45) is -7.01. The van der Waals surface area contributed by atoms with Crippen molar-refractivity contribution < 1.29 is 39.4 Å². The molecule has 0 amide bonds. The van der Waals surface area contributed by atoms with E-state index < -0.39 is 36.7 Å². The van der Waals surface area contributed by atoms with Crippen LogP contribution in [-0.4, -0.2) is 102 Å². The molecular formula is C13H25NO8. The fraction of sp³-hybridized carbons (Fsp3) is 0.923. The van der Waals surface area contributed by atoms with Gasteiger partial charge in [0.1, 0.15) is 31.0 Å². The molecule has 130 valence electrons. The quantitative estimate of drug-likeness (QED) is 0.278. The van der Waals surface area contributed by atoms with Crippen LogP contribution in [0.4, 0.5) is 0 Å². The Morgan fingerprint density at radius 3 is 2.41 bits per heavy atom. The molecule has 5 atom stereocenters. The summed E-state index contributed by atoms with van der Waals surface area (Å²) in [6.45, 7) is 0.856. The summed E-state index contributed by atoms with van der Waals surface area (Å²) >= 11 is 0. The first-order valence-electron chi connectivity index (χ1n) is 7.08. The topological polar surface area (TPSA) is 129 Å². The average molecular weight is 323 g/mol. The van der Waals surface area contributed by atoms with Crippen LogP contribution in [0, 0.1) is 0 Å². The van der Waals surface area contributed by atoms with E-state index in [0.29, 0.717) is 13.2 Å². The SMILES string of the molecule is CN(C)CCOC(=O)CCOC[C@H]1O[C@H](O)[C@H](O)[C@@H](O)[C@@H]1O. The van der Waals surface area contributed by atoms with Crippen LogP contribution in [0.25, 0.3) is 0 Å². The van der Waals surface area contributed by atoms with E-state index in [0.717, 1.165) is 0 Å². The van der Waals surface area contributed by atoms with Crippen molar-refractivity contribution in [3.63, 3.8) is 0 Å². The van der Waals surface area contributed by atoms with Crippen molar-refractivity contribution in [3.8, 4) is 0 Å². The lowest BCUT2D eigenvalue weighted by atomic mass is 9.99. The molecule has 4 N–H and O–H groups in total. The van der Waals surface area contributed by atoms with Crippen molar-refractivity contribution in [1.82, 2.24) is 4.90 Å². The third-order valence-electron chi connectivity index (χ3n) is 3.22. The second kappa shape index (κ2) is 9.36. The number of likely N-dealkylation sites (N-methyl/N-ethyl adjacent to an activating group) is 1. The van der Waals surface area contributed by atoms with Crippen molar-refractivity contribution in [1.29, 1.82) is 0 Å². The minimum absolute atomic E-state index is 0.0456. The molecule has 1 aliphatic heterocycles. The molecule has 1 rings (SSSR count). The van der Waals surface area contributed by atoms with Gasteiger partial charge in [-0.2, -0.15) is 0 Å². The van der Waals surface area contributed by atoms with Crippen molar-refractivity contribution in [2.24, 2.45) is 0 Å². The molecule has 0 saturated carbocycles. The van der Waals surface area contributed by atoms with Gasteiger partial charge in [-0.1, -0.05) is 0 Å². The van der Waals surface area contributed by atoms with E-state index in [2.05, 4.69) is 0 Å². The van der Waals surface area contributed by atoms with Gasteiger partial charge in [0, 0.05) is 6.54 Å². The molecule has 9 heteroatoms. The summed E-state index contributed by atoms with van der Waals surface area (Å²) in [5.41, 5.74) is 0. The van der Waals surface area contributed by atoms with Gasteiger partial charge in [-0.3, -0.25) is 4.79 Å². The molecule has 1 fully saturated rings. The number of rotatable bonds is 8. The van der Waals surface area contributed by atoms with Gasteiger partial charge in [0.05, 0.1) is 19.6 Å². The fourth-order valence-electron chi connectivity index (χ4n) is 1.84. The van der Waals surface area contributed by atoms with Crippen molar-refractivity contribution in [3.05, 3.63) is 0 Å². The predicted molar refractivity (Wildman–Crippen MR) is 73.8 cm³/mol. The van der Waals surface area contributed by atoms with E-state index in [9.17, 15) is 25.2 Å². The van der Waals surface area contributed by atoms with E-state index in [1.54, 1.807) is 0 Å². The van der Waals surface area contributed by atoms with Crippen LogP contribution >= 0.6 is 0 Å². The minimum atomic E-state index is -1.59. The van der Waals surface area contributed by atoms with Crippen LogP contribution in [-0.2, 0) is 19.0 Å². The summed E-state index contributed by atoms with van der Waals surface area (Å²) < 4.78 is 15.1. The Kier molecular flexibility index (Phi) is 8.18. The summed E-state index contributed by atoms with van der Waals surface area (Å²) in [5, 5.41) is 37.8. The first-order chi connectivity index (χ1) is 10.3. The Labute approximate surface area is 129 Å². The number of carbonyl (C=O) groups is 1. The van der Waals surface area contributed by atoms with Gasteiger partial charge in [0.25, 0.3) is 0 Å². The van der Waals surface area contributed by atoms with Crippen LogP contribution in [0.5, 0.6) is 0 Å². The lowest BCUT2D eigenvalue weighted by Gasteiger charge is -2.38. The van der Waals surface area contributed by atoms with Gasteiger partial charge in [0.2, 0.25) is 0 Å². The second-order valence-corrected chi connectivity index (χ2v) is 5.39. The standard InChI is InChI=1S/C13H25NO8/c1-14(2)4-6-21-9(15)3-5-20-7-8-10(16)11(17)12(18)13(19)22-8/h8,10-13,16-19H,3-7H2,1-2H3/t8-,10-,11+,12-,13+/m1/s1. The molecule has 1 saturated heterocycles. The van der Waals surface area contributed by atoms with Crippen molar-refractivity contribution >= 4 is 5.97 Å². The summed E-state index contributed by atoms with van der Waals surface area (Å²) in [6, 6.07) is 0. The van der Waals surface area contributed by atoms with E-state index in [1.807, 2.05) is 19.0 Å². The largest absolute Gasteiger partial charge is 0.464 e. The maximum Gasteiger partial charge on any atom is 0.308 e. The van der Waals surface area contributed by atoms with Crippen molar-refractivity contribution in [2.45, 2.75) is 37.1 Å². The predicted octanol–water partition coefficient (Wildman–Crippen LogP) is -2.70. The molecule has 22 heavy (non-hydrogen) atoms. The number of hydrogen-bond acceptors (Lipinski definition) is 9. The zero-order chi connectivity index (χ0) is 16.7. The highest BCUT2D eigenvalue weighted by atomic mass is 16.6. The number of aliphatic hydroxyl groups excluding tert-OH is 4. The Balaban J connectivity index is 2.17. The highest BCUT2D eigenvalue weighted by molar-refractivity contribution is 5.69. The third-order valence-corrected chi connectivity index (χ3v) is 3.22. The molecule has 0 aliphatic carbocycles. The van der Waals surface area contributed by atoms with Gasteiger partial charge in [0.15, 0.2) is 6.29 Å². The number of nitrogens with zero attached hydrogens (tertiary/aromatic N) is 1. The number of esters is 1. The van der Waals surface area contributed by atoms with Crippen LogP contribution in [0.15, 0.2) is 0 Å². The molecule has 1 heterocycles. The molecule has 0 aromatic rings. The van der Waals surface area contributed by atoms with Gasteiger partial charge in [-0.05, 0) is 14.1 Å². The van der Waals surface area contributed by atoms with Crippen molar-refractivity contribution in [2.75, 3.05) is 40.5 Å². The molecular weight excluding hydrogens is 298 g/mol. The highest BCUT2D eigenvalue weighted by Crippen LogP contribution is 2.19. The van der Waals surface area contributed by atoms with Gasteiger partial charge >= 0.3 is 5.97 Å². The van der Waals surface area contributed by atoms with E-state index >= 15 is 0 Å². The molecule has 9 nitrogen and oxygen atoms in total. The molecule has 0 radical (unpaired) electrons. The number of ether oxygens (including phenoxy) is 3. The fourth-order valence-corrected chi connectivity index (χ4v) is 1.84. The average Bonchev–Trinajstić information content (AvgIpc) is 2.46. The molecule has 0 aromatic carbocycles. The van der Waals surface area contributed by atoms with Gasteiger partial charge < -0.3 is 39.5 Å². The summed E-state index contributed by atoms with van der Waals surface area (Å²) in [7, 11) is 3.73. The Morgan fingerprint density at radius 2 is 1.77 bits per heavy atom. The zero-order valence-electron chi connectivity index (χ0n) is 12.8. The first kappa shape index (κ1) is 19.2. The minimum Gasteiger partial charge on any atom is -0.464 e. The molecule has 0 bridgehead atoms. The number of aliphatic hydroxyl groups is 4. The highest BCUT2D eigenvalue weighted by Gasteiger charge is 2.42. The van der Waals surface area contributed by atoms with E-state index in [4.69, 9.17) is 14.2 Å². The number of hydrogen-bond donors (Lipinski definition) is 4. The third kappa shape index (κ3) is 6.13. The molecule has 1 aliphatic rings. The summed E-state index contributed by atoms with van der Waals surface area (Å²) in [5.74, 6) is -0.401. The maximum absolute atomic E-state index is 11.4. The molecule has 0 aromatic heterocycles. The zero-order valence-corrected chi connectivity index (χ0v) is 12.8. The first-order valence-corrected chi connectivity index (χ1v) is 7.08. The monoisotopic (exact) mass is 323 g/mol. The van der Waals surface area contributed by atoms with Crippen LogP contribution < -0.4 is 0 Å². The smallest absolute Gasteiger partial charge is 0.308 e. The summed E-state index contributed by atoms with van der Waals surface area (Å²) in [4.78, 5) is 13.3. The van der Waals surface area contributed by atoms with Crippen LogP contribution in [0.1, 0.15) is 6.42 Å². The van der Waals surface area contributed by atoms with Crippen LogP contribution in [0.2, 0.25) is 0 Å². The van der Waals surface area contributed by atoms with E-state index in [1.165, 1.54) is 0 Å². The maximum atomic E-state index is 11.4. The molecule has 0 unspecified atom stereocenters. The second-order valence-electron chi connectivity index (χ2n) is 5.39. The molecule has 0 spiro atoms. The van der Waals surface area contributed by atoms with Gasteiger partial charge in [-0.25, -0.2) is 0 Å². The normalized spacial score (nSPS) is 32.2. The lowest BCUT2D eigenvalue weighted by Crippen LogP contribution is -2.58. The lowest BCUT2D eigenvalue weighted by molar-refractivity contribution is -0.288. The van der Waals surface area contributed by atoms with E-state index in [-0.39, 0.29) is 19.6 Å². The van der Waals surface area contributed by atoms with Crippen LogP contribution in [0.3, 0.4) is 0 Å². The Hall–Kier alpha value is -0.810. The Bertz CT molecular complexity index is 340. The Morgan fingerprint density at radius 1 is 1.09 bits per heavy atom. The van der Waals surface area contributed by atoms with Gasteiger partial charge in [-0.15, -0.1) is 0 Å². The number of carbonyl (C=O) groups excluding carboxylic acids is 1.